The van der Waals surface area contributed by atoms with Crippen molar-refractivity contribution in [1.29, 1.82) is 0 Å². The molecule has 0 bridgehead atoms. The molecule has 2 aromatic rings. The van der Waals surface area contributed by atoms with Gasteiger partial charge in [-0.15, -0.1) is 11.3 Å². The molecule has 22 heavy (non-hydrogen) atoms. The van der Waals surface area contributed by atoms with Gasteiger partial charge in [0.25, 0.3) is 0 Å². The van der Waals surface area contributed by atoms with Crippen molar-refractivity contribution in [2.45, 2.75) is 48.8 Å². The third kappa shape index (κ3) is 1.97. The zero-order valence-corrected chi connectivity index (χ0v) is 14.8. The van der Waals surface area contributed by atoms with Crippen LogP contribution >= 0.6 is 11.3 Å². The zero-order valence-electron chi connectivity index (χ0n) is 13.1. The van der Waals surface area contributed by atoms with Gasteiger partial charge in [0.2, 0.25) is 9.84 Å². The first kappa shape index (κ1) is 15.4. The summed E-state index contributed by atoms with van der Waals surface area (Å²) in [5.41, 5.74) is 8.30. The van der Waals surface area contributed by atoms with Gasteiger partial charge in [0.05, 0.1) is 22.0 Å². The maximum atomic E-state index is 13.0. The summed E-state index contributed by atoms with van der Waals surface area (Å²) in [5, 5.41) is 0. The van der Waals surface area contributed by atoms with Gasteiger partial charge in [-0.05, 0) is 31.9 Å². The third-order valence-electron chi connectivity index (χ3n) is 3.86. The molecule has 4 nitrogen and oxygen atoms in total. The van der Waals surface area contributed by atoms with E-state index in [0.717, 1.165) is 4.88 Å². The molecule has 3 rings (SSSR count). The van der Waals surface area contributed by atoms with Gasteiger partial charge in [-0.25, -0.2) is 8.42 Å². The van der Waals surface area contributed by atoms with Gasteiger partial charge in [-0.3, -0.25) is 0 Å². The van der Waals surface area contributed by atoms with Gasteiger partial charge < -0.3 is 10.6 Å². The molecule has 0 radical (unpaired) electrons. The molecule has 0 aliphatic carbocycles. The summed E-state index contributed by atoms with van der Waals surface area (Å²) in [5.74, 6) is 0.197. The molecule has 0 amide bonds. The summed E-state index contributed by atoms with van der Waals surface area (Å²) < 4.78 is 26.3. The highest BCUT2D eigenvalue weighted by atomic mass is 32.2. The molecule has 118 valence electrons. The Hall–Kier alpha value is -1.53. The standard InChI is InChI=1S/C16H20N2O2S2/c1-9(2)15-13(17)14-16(21-15)22(19,20)12-8-6-5-7-11(12)18(14)10(3)4/h5-10H,17H2,1-4H3. The van der Waals surface area contributed by atoms with Crippen LogP contribution < -0.4 is 10.6 Å². The Bertz CT molecular complexity index is 836. The highest BCUT2D eigenvalue weighted by Gasteiger charge is 2.39. The molecule has 1 aliphatic rings. The van der Waals surface area contributed by atoms with Gasteiger partial charge in [-0.1, -0.05) is 26.0 Å². The summed E-state index contributed by atoms with van der Waals surface area (Å²) >= 11 is 1.31. The summed E-state index contributed by atoms with van der Waals surface area (Å²) in [6, 6.07) is 7.27. The van der Waals surface area contributed by atoms with Crippen molar-refractivity contribution in [3.8, 4) is 0 Å². The Labute approximate surface area is 135 Å². The number of benzene rings is 1. The summed E-state index contributed by atoms with van der Waals surface area (Å²) in [6.45, 7) is 8.16. The molecule has 2 heterocycles. The Kier molecular flexibility index (Phi) is 3.49. The quantitative estimate of drug-likeness (QED) is 0.895. The smallest absolute Gasteiger partial charge is 0.220 e. The molecular formula is C16H20N2O2S2. The highest BCUT2D eigenvalue weighted by Crippen LogP contribution is 2.53. The number of hydrogen-bond donors (Lipinski definition) is 1. The van der Waals surface area contributed by atoms with Crippen molar-refractivity contribution in [1.82, 2.24) is 0 Å². The van der Waals surface area contributed by atoms with Crippen LogP contribution in [-0.2, 0) is 9.84 Å². The number of nitrogens with zero attached hydrogens (tertiary/aromatic N) is 1. The van der Waals surface area contributed by atoms with E-state index < -0.39 is 9.84 Å². The Morgan fingerprint density at radius 2 is 1.77 bits per heavy atom. The van der Waals surface area contributed by atoms with Crippen LogP contribution in [0.1, 0.15) is 38.5 Å². The van der Waals surface area contributed by atoms with Crippen molar-refractivity contribution in [2.75, 3.05) is 10.6 Å². The number of nitrogen functional groups attached to an aromatic ring is 1. The van der Waals surface area contributed by atoms with Crippen LogP contribution in [-0.4, -0.2) is 14.5 Å². The maximum Gasteiger partial charge on any atom is 0.220 e. The molecule has 0 atom stereocenters. The fraction of sp³-hybridized carbons (Fsp3) is 0.375. The number of rotatable bonds is 2. The van der Waals surface area contributed by atoms with Crippen molar-refractivity contribution in [3.05, 3.63) is 29.1 Å². The second-order valence-electron chi connectivity index (χ2n) is 6.11. The number of anilines is 3. The molecule has 1 aromatic carbocycles. The molecule has 0 fully saturated rings. The van der Waals surface area contributed by atoms with E-state index in [2.05, 4.69) is 0 Å². The third-order valence-corrected chi connectivity index (χ3v) is 7.66. The van der Waals surface area contributed by atoms with Gasteiger partial charge >= 0.3 is 0 Å². The summed E-state index contributed by atoms with van der Waals surface area (Å²) in [4.78, 5) is 3.35. The Balaban J connectivity index is 2.41. The van der Waals surface area contributed by atoms with E-state index in [0.29, 0.717) is 26.2 Å². The van der Waals surface area contributed by atoms with E-state index in [1.807, 2.05) is 44.7 Å². The minimum atomic E-state index is -3.51. The molecule has 1 aromatic heterocycles. The molecule has 2 N–H and O–H groups in total. The van der Waals surface area contributed by atoms with E-state index in [1.54, 1.807) is 12.1 Å². The average molecular weight is 336 g/mol. The number of thiophene rings is 1. The highest BCUT2D eigenvalue weighted by molar-refractivity contribution is 7.94. The van der Waals surface area contributed by atoms with Crippen LogP contribution in [0, 0.1) is 0 Å². The number of hydrogen-bond acceptors (Lipinski definition) is 5. The topological polar surface area (TPSA) is 63.4 Å². The zero-order chi connectivity index (χ0) is 16.2. The monoisotopic (exact) mass is 336 g/mol. The summed E-state index contributed by atoms with van der Waals surface area (Å²) in [6.07, 6.45) is 0. The Morgan fingerprint density at radius 1 is 1.14 bits per heavy atom. The van der Waals surface area contributed by atoms with Crippen LogP contribution in [0.25, 0.3) is 0 Å². The van der Waals surface area contributed by atoms with Crippen LogP contribution in [0.15, 0.2) is 33.4 Å². The largest absolute Gasteiger partial charge is 0.396 e. The summed E-state index contributed by atoms with van der Waals surface area (Å²) in [7, 11) is -3.51. The van der Waals surface area contributed by atoms with E-state index in [9.17, 15) is 8.42 Å². The van der Waals surface area contributed by atoms with E-state index in [1.165, 1.54) is 11.3 Å². The van der Waals surface area contributed by atoms with Gasteiger partial charge in [0.1, 0.15) is 0 Å². The second kappa shape index (κ2) is 4.99. The minimum Gasteiger partial charge on any atom is -0.396 e. The van der Waals surface area contributed by atoms with Crippen LogP contribution in [0.2, 0.25) is 0 Å². The lowest BCUT2D eigenvalue weighted by Gasteiger charge is -2.34. The minimum absolute atomic E-state index is 0.118. The first-order valence-corrected chi connectivity index (χ1v) is 9.62. The van der Waals surface area contributed by atoms with Crippen LogP contribution in [0.3, 0.4) is 0 Å². The predicted molar refractivity (Wildman–Crippen MR) is 92.0 cm³/mol. The number of sulfone groups is 1. The van der Waals surface area contributed by atoms with Crippen molar-refractivity contribution < 1.29 is 8.42 Å². The lowest BCUT2D eigenvalue weighted by molar-refractivity contribution is 0.595. The lowest BCUT2D eigenvalue weighted by Crippen LogP contribution is -2.31. The van der Waals surface area contributed by atoms with E-state index in [-0.39, 0.29) is 12.0 Å². The second-order valence-corrected chi connectivity index (χ2v) is 9.27. The van der Waals surface area contributed by atoms with Gasteiger partial charge in [0, 0.05) is 10.9 Å². The van der Waals surface area contributed by atoms with Gasteiger partial charge in [0.15, 0.2) is 4.21 Å². The fourth-order valence-electron chi connectivity index (χ4n) is 2.91. The predicted octanol–water partition coefficient (Wildman–Crippen LogP) is 4.15. The fourth-order valence-corrected chi connectivity index (χ4v) is 6.20. The average Bonchev–Trinajstić information content (AvgIpc) is 2.78. The van der Waals surface area contributed by atoms with E-state index in [4.69, 9.17) is 5.73 Å². The van der Waals surface area contributed by atoms with Crippen molar-refractivity contribution in [3.63, 3.8) is 0 Å². The van der Waals surface area contributed by atoms with E-state index >= 15 is 0 Å². The Morgan fingerprint density at radius 3 is 2.36 bits per heavy atom. The number of nitrogens with two attached hydrogens (primary N) is 1. The first-order chi connectivity index (χ1) is 10.3. The molecule has 6 heteroatoms. The molecule has 0 spiro atoms. The van der Waals surface area contributed by atoms with Crippen molar-refractivity contribution >= 4 is 38.2 Å². The molecule has 0 saturated heterocycles. The molecular weight excluding hydrogens is 316 g/mol. The van der Waals surface area contributed by atoms with Gasteiger partial charge in [-0.2, -0.15) is 0 Å². The van der Waals surface area contributed by atoms with Crippen LogP contribution in [0.4, 0.5) is 17.1 Å². The maximum absolute atomic E-state index is 13.0. The van der Waals surface area contributed by atoms with Crippen molar-refractivity contribution in [2.24, 2.45) is 0 Å². The first-order valence-electron chi connectivity index (χ1n) is 7.32. The normalized spacial score (nSPS) is 16.0. The van der Waals surface area contributed by atoms with Crippen LogP contribution in [0.5, 0.6) is 0 Å². The lowest BCUT2D eigenvalue weighted by atomic mass is 10.1. The molecule has 0 saturated carbocycles. The number of para-hydroxylation sites is 1. The SMILES string of the molecule is CC(C)c1sc2c(c1N)N(C(C)C)c1ccccc1S2(=O)=O. The number of fused-ring (bicyclic) bond motifs is 2. The molecule has 1 aliphatic heterocycles. The molecule has 0 unspecified atom stereocenters.